The second-order valence-electron chi connectivity index (χ2n) is 6.14. The Morgan fingerprint density at radius 3 is 2.11 bits per heavy atom. The minimum absolute atomic E-state index is 0.000255. The lowest BCUT2D eigenvalue weighted by atomic mass is 10.1. The number of methoxy groups -OCH3 is 1. The van der Waals surface area contributed by atoms with E-state index in [2.05, 4.69) is 20.6 Å². The largest absolute Gasteiger partial charge is 0.465 e. The molecule has 7 heteroatoms. The zero-order chi connectivity index (χ0) is 20.1. The molecule has 0 atom stereocenters. The fraction of sp³-hybridized carbons (Fsp3) is 0.143. The summed E-state index contributed by atoms with van der Waals surface area (Å²) in [6.07, 6.45) is 0. The van der Waals surface area contributed by atoms with Gasteiger partial charge in [0.25, 0.3) is 0 Å². The number of benzene rings is 2. The summed E-state index contributed by atoms with van der Waals surface area (Å²) in [5.41, 5.74) is 2.63. The molecule has 1 aromatic heterocycles. The normalized spacial score (nSPS) is 10.2. The summed E-state index contributed by atoms with van der Waals surface area (Å²) in [5, 5.41) is 6.38. The van der Waals surface area contributed by atoms with Crippen LogP contribution in [0.4, 0.5) is 23.0 Å². The van der Waals surface area contributed by atoms with Crippen molar-refractivity contribution in [3.05, 3.63) is 71.5 Å². The molecular formula is C21H20N4O3. The molecule has 0 radical (unpaired) electrons. The van der Waals surface area contributed by atoms with E-state index in [0.29, 0.717) is 28.6 Å². The number of carbonyl (C=O) groups excluding carboxylic acids is 2. The summed E-state index contributed by atoms with van der Waals surface area (Å²) >= 11 is 0. The molecule has 0 amide bonds. The fourth-order valence-electron chi connectivity index (χ4n) is 2.61. The van der Waals surface area contributed by atoms with Crippen molar-refractivity contribution in [3.8, 4) is 0 Å². The smallest absolute Gasteiger partial charge is 0.337 e. The van der Waals surface area contributed by atoms with Crippen LogP contribution >= 0.6 is 0 Å². The second kappa shape index (κ2) is 8.30. The standard InChI is InChI=1S/C21H20N4O3/c1-13(26)16-5-4-6-18(11-16)25-20-12-19(22-14(2)23-20)24-17-9-7-15(8-10-17)21(27)28-3/h4-12H,1-3H3,(H2,22,23,24,25). The highest BCUT2D eigenvalue weighted by molar-refractivity contribution is 5.95. The van der Waals surface area contributed by atoms with Crippen molar-refractivity contribution in [1.82, 2.24) is 9.97 Å². The first-order valence-corrected chi connectivity index (χ1v) is 8.64. The molecule has 0 unspecified atom stereocenters. The summed E-state index contributed by atoms with van der Waals surface area (Å²) in [6, 6.07) is 15.9. The number of ketones is 1. The van der Waals surface area contributed by atoms with Gasteiger partial charge in [-0.2, -0.15) is 0 Å². The minimum Gasteiger partial charge on any atom is -0.465 e. The third kappa shape index (κ3) is 4.70. The topological polar surface area (TPSA) is 93.2 Å². The number of hydrogen-bond donors (Lipinski definition) is 2. The van der Waals surface area contributed by atoms with E-state index in [4.69, 9.17) is 4.74 Å². The number of hydrogen-bond acceptors (Lipinski definition) is 7. The summed E-state index contributed by atoms with van der Waals surface area (Å²) in [6.45, 7) is 3.32. The van der Waals surface area contributed by atoms with Gasteiger partial charge in [0.05, 0.1) is 12.7 Å². The van der Waals surface area contributed by atoms with E-state index < -0.39 is 0 Å². The summed E-state index contributed by atoms with van der Waals surface area (Å²) in [5.74, 6) is 1.40. The third-order valence-corrected chi connectivity index (χ3v) is 3.96. The molecule has 1 heterocycles. The van der Waals surface area contributed by atoms with Gasteiger partial charge in [-0.15, -0.1) is 0 Å². The van der Waals surface area contributed by atoms with Crippen LogP contribution in [0.5, 0.6) is 0 Å². The van der Waals surface area contributed by atoms with Crippen molar-refractivity contribution < 1.29 is 14.3 Å². The molecule has 0 bridgehead atoms. The molecule has 0 aliphatic heterocycles. The van der Waals surface area contributed by atoms with E-state index >= 15 is 0 Å². The van der Waals surface area contributed by atoms with Crippen LogP contribution in [0.15, 0.2) is 54.6 Å². The zero-order valence-electron chi connectivity index (χ0n) is 15.8. The molecule has 0 aliphatic carbocycles. The van der Waals surface area contributed by atoms with Crippen LogP contribution < -0.4 is 10.6 Å². The Morgan fingerprint density at radius 2 is 1.50 bits per heavy atom. The molecule has 142 valence electrons. The monoisotopic (exact) mass is 376 g/mol. The molecule has 0 aliphatic rings. The van der Waals surface area contributed by atoms with E-state index in [1.165, 1.54) is 14.0 Å². The minimum atomic E-state index is -0.385. The fourth-order valence-corrected chi connectivity index (χ4v) is 2.61. The van der Waals surface area contributed by atoms with Crippen molar-refractivity contribution in [2.24, 2.45) is 0 Å². The quantitative estimate of drug-likeness (QED) is 0.490. The Balaban J connectivity index is 1.79. The second-order valence-corrected chi connectivity index (χ2v) is 6.14. The Labute approximate surface area is 162 Å². The number of Topliss-reactive ketones (excluding diaryl/α,β-unsaturated/α-hetero) is 1. The molecule has 2 N–H and O–H groups in total. The van der Waals surface area contributed by atoms with Gasteiger partial charge < -0.3 is 15.4 Å². The van der Waals surface area contributed by atoms with E-state index in [1.807, 2.05) is 12.1 Å². The first-order valence-electron chi connectivity index (χ1n) is 8.64. The molecule has 28 heavy (non-hydrogen) atoms. The Hall–Kier alpha value is -3.74. The van der Waals surface area contributed by atoms with Crippen LogP contribution in [-0.2, 0) is 4.74 Å². The van der Waals surface area contributed by atoms with E-state index in [-0.39, 0.29) is 11.8 Å². The number of esters is 1. The van der Waals surface area contributed by atoms with Gasteiger partial charge in [-0.1, -0.05) is 12.1 Å². The molecule has 7 nitrogen and oxygen atoms in total. The van der Waals surface area contributed by atoms with Gasteiger partial charge in [-0.05, 0) is 50.2 Å². The van der Waals surface area contributed by atoms with Crippen LogP contribution in [-0.4, -0.2) is 28.8 Å². The van der Waals surface area contributed by atoms with Crippen molar-refractivity contribution in [2.45, 2.75) is 13.8 Å². The van der Waals surface area contributed by atoms with Crippen molar-refractivity contribution >= 4 is 34.8 Å². The highest BCUT2D eigenvalue weighted by Crippen LogP contribution is 2.21. The highest BCUT2D eigenvalue weighted by Gasteiger charge is 2.07. The van der Waals surface area contributed by atoms with Gasteiger partial charge in [0.1, 0.15) is 17.5 Å². The molecule has 2 aromatic carbocycles. The predicted octanol–water partition coefficient (Wildman–Crippen LogP) is 4.26. The maximum absolute atomic E-state index is 11.6. The van der Waals surface area contributed by atoms with Crippen LogP contribution in [0.2, 0.25) is 0 Å². The third-order valence-electron chi connectivity index (χ3n) is 3.96. The summed E-state index contributed by atoms with van der Waals surface area (Å²) in [4.78, 5) is 31.8. The van der Waals surface area contributed by atoms with Crippen LogP contribution in [0, 0.1) is 6.92 Å². The molecule has 0 saturated carbocycles. The number of nitrogens with one attached hydrogen (secondary N) is 2. The first-order chi connectivity index (χ1) is 13.4. The predicted molar refractivity (Wildman–Crippen MR) is 108 cm³/mol. The summed E-state index contributed by atoms with van der Waals surface area (Å²) < 4.78 is 4.70. The van der Waals surface area contributed by atoms with E-state index in [9.17, 15) is 9.59 Å². The van der Waals surface area contributed by atoms with E-state index in [0.717, 1.165) is 11.4 Å². The number of anilines is 4. The van der Waals surface area contributed by atoms with Gasteiger partial charge in [-0.3, -0.25) is 4.79 Å². The number of carbonyl (C=O) groups is 2. The Morgan fingerprint density at radius 1 is 0.857 bits per heavy atom. The van der Waals surface area contributed by atoms with Crippen molar-refractivity contribution in [2.75, 3.05) is 17.7 Å². The maximum atomic E-state index is 11.6. The average molecular weight is 376 g/mol. The van der Waals surface area contributed by atoms with E-state index in [1.54, 1.807) is 49.4 Å². The first kappa shape index (κ1) is 19.0. The molecule has 3 aromatic rings. The SMILES string of the molecule is COC(=O)c1ccc(Nc2cc(Nc3cccc(C(C)=O)c3)nc(C)n2)cc1. The number of ether oxygens (including phenoxy) is 1. The van der Waals surface area contributed by atoms with Crippen LogP contribution in [0.3, 0.4) is 0 Å². The molecule has 0 saturated heterocycles. The van der Waals surface area contributed by atoms with Crippen molar-refractivity contribution in [1.29, 1.82) is 0 Å². The molecule has 0 spiro atoms. The van der Waals surface area contributed by atoms with Gasteiger partial charge >= 0.3 is 5.97 Å². The highest BCUT2D eigenvalue weighted by atomic mass is 16.5. The van der Waals surface area contributed by atoms with Gasteiger partial charge in [0.15, 0.2) is 5.78 Å². The van der Waals surface area contributed by atoms with Crippen LogP contribution in [0.1, 0.15) is 33.5 Å². The molecule has 0 fully saturated rings. The molecular weight excluding hydrogens is 356 g/mol. The van der Waals surface area contributed by atoms with Gasteiger partial charge in [-0.25, -0.2) is 14.8 Å². The molecule has 3 rings (SSSR count). The average Bonchev–Trinajstić information content (AvgIpc) is 2.67. The maximum Gasteiger partial charge on any atom is 0.337 e. The zero-order valence-corrected chi connectivity index (χ0v) is 15.8. The number of rotatable bonds is 6. The number of nitrogens with zero attached hydrogens (tertiary/aromatic N) is 2. The van der Waals surface area contributed by atoms with Crippen LogP contribution in [0.25, 0.3) is 0 Å². The van der Waals surface area contributed by atoms with Gasteiger partial charge in [0, 0.05) is 23.0 Å². The Kier molecular flexibility index (Phi) is 5.64. The lowest BCUT2D eigenvalue weighted by Gasteiger charge is -2.11. The summed E-state index contributed by atoms with van der Waals surface area (Å²) in [7, 11) is 1.35. The lowest BCUT2D eigenvalue weighted by Crippen LogP contribution is -2.03. The number of aromatic nitrogens is 2. The lowest BCUT2D eigenvalue weighted by molar-refractivity contribution is 0.0600. The Bertz CT molecular complexity index is 1020. The van der Waals surface area contributed by atoms with Gasteiger partial charge in [0.2, 0.25) is 0 Å². The van der Waals surface area contributed by atoms with Crippen molar-refractivity contribution in [3.63, 3.8) is 0 Å². The number of aryl methyl sites for hydroxylation is 1.